The molecule has 1 fully saturated rings. The van der Waals surface area contributed by atoms with Crippen molar-refractivity contribution in [3.63, 3.8) is 0 Å². The summed E-state index contributed by atoms with van der Waals surface area (Å²) in [5.41, 5.74) is 3.84. The Labute approximate surface area is 251 Å². The van der Waals surface area contributed by atoms with Crippen LogP contribution < -0.4 is 10.2 Å². The van der Waals surface area contributed by atoms with Gasteiger partial charge in [-0.3, -0.25) is 9.59 Å². The van der Waals surface area contributed by atoms with E-state index >= 15 is 0 Å². The van der Waals surface area contributed by atoms with Crippen LogP contribution in [0.5, 0.6) is 0 Å². The first-order valence-electron chi connectivity index (χ1n) is 14.0. The number of amides is 2. The maximum atomic E-state index is 13.4. The summed E-state index contributed by atoms with van der Waals surface area (Å²) in [6.07, 6.45) is 0. The van der Waals surface area contributed by atoms with Crippen LogP contribution in [0.2, 0.25) is 0 Å². The SMILES string of the molecule is Cc1ccc(C(=O)N2CCN(c3ccc(NC(=O)CN(Cc4ccc(F)cc4)S(=O)(=O)c4ccccc4)cc3)CC2)cc1. The fraction of sp³-hybridized carbons (Fsp3) is 0.212. The summed E-state index contributed by atoms with van der Waals surface area (Å²) in [5, 5.41) is 2.79. The predicted molar refractivity (Wildman–Crippen MR) is 165 cm³/mol. The van der Waals surface area contributed by atoms with Gasteiger partial charge in [0.05, 0.1) is 11.4 Å². The minimum atomic E-state index is -4.00. The quantitative estimate of drug-likeness (QED) is 0.295. The fourth-order valence-corrected chi connectivity index (χ4v) is 6.33. The van der Waals surface area contributed by atoms with E-state index in [9.17, 15) is 22.4 Å². The number of sulfonamides is 1. The van der Waals surface area contributed by atoms with Gasteiger partial charge in [0.2, 0.25) is 15.9 Å². The normalized spacial score (nSPS) is 13.7. The average molecular weight is 601 g/mol. The molecule has 0 saturated carbocycles. The molecule has 0 aliphatic carbocycles. The van der Waals surface area contributed by atoms with Crippen molar-refractivity contribution in [2.24, 2.45) is 0 Å². The molecular formula is C33H33FN4O4S. The van der Waals surface area contributed by atoms with Gasteiger partial charge in [0, 0.05) is 49.7 Å². The van der Waals surface area contributed by atoms with Gasteiger partial charge >= 0.3 is 0 Å². The van der Waals surface area contributed by atoms with Gasteiger partial charge in [-0.1, -0.05) is 48.0 Å². The van der Waals surface area contributed by atoms with Crippen molar-refractivity contribution < 1.29 is 22.4 Å². The number of halogens is 1. The van der Waals surface area contributed by atoms with Gasteiger partial charge in [0.1, 0.15) is 5.82 Å². The summed E-state index contributed by atoms with van der Waals surface area (Å²) in [5.74, 6) is -0.905. The van der Waals surface area contributed by atoms with E-state index in [0.29, 0.717) is 43.0 Å². The largest absolute Gasteiger partial charge is 0.368 e. The summed E-state index contributed by atoms with van der Waals surface area (Å²) in [6, 6.07) is 28.3. The Kier molecular flexibility index (Phi) is 9.18. The molecule has 0 aromatic heterocycles. The minimum Gasteiger partial charge on any atom is -0.368 e. The van der Waals surface area contributed by atoms with Crippen LogP contribution in [-0.2, 0) is 21.4 Å². The van der Waals surface area contributed by atoms with Crippen molar-refractivity contribution in [1.29, 1.82) is 0 Å². The van der Waals surface area contributed by atoms with E-state index in [4.69, 9.17) is 0 Å². The first-order valence-corrected chi connectivity index (χ1v) is 15.4. The van der Waals surface area contributed by atoms with Crippen LogP contribution in [0.1, 0.15) is 21.5 Å². The summed E-state index contributed by atoms with van der Waals surface area (Å²) in [7, 11) is -4.00. The first-order chi connectivity index (χ1) is 20.7. The van der Waals surface area contributed by atoms with Crippen LogP contribution in [0.4, 0.5) is 15.8 Å². The van der Waals surface area contributed by atoms with Crippen LogP contribution in [0.15, 0.2) is 108 Å². The van der Waals surface area contributed by atoms with Gasteiger partial charge < -0.3 is 15.1 Å². The Bertz CT molecular complexity index is 1660. The van der Waals surface area contributed by atoms with E-state index < -0.39 is 28.3 Å². The molecular weight excluding hydrogens is 567 g/mol. The Morgan fingerprint density at radius 2 is 1.44 bits per heavy atom. The molecule has 43 heavy (non-hydrogen) atoms. The molecule has 1 aliphatic heterocycles. The van der Waals surface area contributed by atoms with E-state index in [2.05, 4.69) is 10.2 Å². The third-order valence-corrected chi connectivity index (χ3v) is 9.16. The maximum Gasteiger partial charge on any atom is 0.253 e. The van der Waals surface area contributed by atoms with Crippen LogP contribution in [-0.4, -0.2) is 62.2 Å². The zero-order valence-electron chi connectivity index (χ0n) is 23.8. The molecule has 1 heterocycles. The molecule has 4 aromatic carbocycles. The molecule has 10 heteroatoms. The predicted octanol–water partition coefficient (Wildman–Crippen LogP) is 4.93. The summed E-state index contributed by atoms with van der Waals surface area (Å²) < 4.78 is 41.3. The number of anilines is 2. The number of piperazine rings is 1. The maximum absolute atomic E-state index is 13.4. The van der Waals surface area contributed by atoms with E-state index in [0.717, 1.165) is 15.6 Å². The van der Waals surface area contributed by atoms with Gasteiger partial charge in [-0.05, 0) is 73.2 Å². The van der Waals surface area contributed by atoms with E-state index in [1.54, 1.807) is 30.3 Å². The molecule has 1 saturated heterocycles. The number of hydrogen-bond donors (Lipinski definition) is 1. The zero-order valence-corrected chi connectivity index (χ0v) is 24.6. The van der Waals surface area contributed by atoms with Crippen molar-refractivity contribution in [3.05, 3.63) is 126 Å². The lowest BCUT2D eigenvalue weighted by Gasteiger charge is -2.36. The van der Waals surface area contributed by atoms with Crippen LogP contribution in [0.25, 0.3) is 0 Å². The topological polar surface area (TPSA) is 90.0 Å². The number of hydrogen-bond acceptors (Lipinski definition) is 5. The van der Waals surface area contributed by atoms with E-state index in [1.165, 1.54) is 36.4 Å². The standard InChI is InChI=1S/C33H33FN4O4S/c1-25-7-11-27(12-8-25)33(40)37-21-19-36(20-22-37)30-17-15-29(16-18-30)35-32(39)24-38(23-26-9-13-28(34)14-10-26)43(41,42)31-5-3-2-4-6-31/h2-18H,19-24H2,1H3,(H,35,39). The molecule has 8 nitrogen and oxygen atoms in total. The molecule has 0 unspecified atom stereocenters. The van der Waals surface area contributed by atoms with Crippen molar-refractivity contribution in [2.45, 2.75) is 18.4 Å². The Morgan fingerprint density at radius 3 is 2.07 bits per heavy atom. The summed E-state index contributed by atoms with van der Waals surface area (Å²) in [6.45, 7) is 4.04. The summed E-state index contributed by atoms with van der Waals surface area (Å²) >= 11 is 0. The molecule has 2 amide bonds. The highest BCUT2D eigenvalue weighted by Crippen LogP contribution is 2.22. The highest BCUT2D eigenvalue weighted by molar-refractivity contribution is 7.89. The molecule has 0 bridgehead atoms. The summed E-state index contributed by atoms with van der Waals surface area (Å²) in [4.78, 5) is 30.0. The molecule has 0 atom stereocenters. The number of benzene rings is 4. The fourth-order valence-electron chi connectivity index (χ4n) is 4.92. The van der Waals surface area contributed by atoms with Gasteiger partial charge in [-0.25, -0.2) is 12.8 Å². The van der Waals surface area contributed by atoms with Gasteiger partial charge in [0.25, 0.3) is 5.91 Å². The molecule has 1 aliphatic rings. The lowest BCUT2D eigenvalue weighted by molar-refractivity contribution is -0.116. The lowest BCUT2D eigenvalue weighted by atomic mass is 10.1. The van der Waals surface area contributed by atoms with Crippen molar-refractivity contribution in [1.82, 2.24) is 9.21 Å². The monoisotopic (exact) mass is 600 g/mol. The van der Waals surface area contributed by atoms with E-state index in [1.807, 2.05) is 48.2 Å². The second-order valence-corrected chi connectivity index (χ2v) is 12.4. The molecule has 4 aromatic rings. The first kappa shape index (κ1) is 29.9. The molecule has 0 spiro atoms. The van der Waals surface area contributed by atoms with Gasteiger partial charge in [0.15, 0.2) is 0 Å². The third-order valence-electron chi connectivity index (χ3n) is 7.35. The van der Waals surface area contributed by atoms with Gasteiger partial charge in [-0.2, -0.15) is 4.31 Å². The van der Waals surface area contributed by atoms with Crippen LogP contribution in [0, 0.1) is 12.7 Å². The van der Waals surface area contributed by atoms with Crippen LogP contribution in [0.3, 0.4) is 0 Å². The third kappa shape index (κ3) is 7.46. The Morgan fingerprint density at radius 1 is 0.814 bits per heavy atom. The number of aryl methyl sites for hydroxylation is 1. The Hall–Kier alpha value is -4.54. The van der Waals surface area contributed by atoms with E-state index in [-0.39, 0.29) is 17.3 Å². The second-order valence-electron chi connectivity index (χ2n) is 10.5. The zero-order chi connectivity index (χ0) is 30.4. The Balaban J connectivity index is 1.20. The molecule has 222 valence electrons. The number of nitrogens with one attached hydrogen (secondary N) is 1. The molecule has 0 radical (unpaired) electrons. The average Bonchev–Trinajstić information content (AvgIpc) is 3.02. The number of carbonyl (C=O) groups excluding carboxylic acids is 2. The van der Waals surface area contributed by atoms with Crippen molar-refractivity contribution in [2.75, 3.05) is 42.9 Å². The second kappa shape index (κ2) is 13.2. The van der Waals surface area contributed by atoms with Crippen LogP contribution >= 0.6 is 0 Å². The van der Waals surface area contributed by atoms with Gasteiger partial charge in [-0.15, -0.1) is 0 Å². The van der Waals surface area contributed by atoms with Crippen molar-refractivity contribution in [3.8, 4) is 0 Å². The molecule has 1 N–H and O–H groups in total. The molecule has 5 rings (SSSR count). The van der Waals surface area contributed by atoms with Crippen molar-refractivity contribution >= 4 is 33.2 Å². The number of rotatable bonds is 9. The number of carbonyl (C=O) groups is 2. The highest BCUT2D eigenvalue weighted by atomic mass is 32.2. The number of nitrogens with zero attached hydrogens (tertiary/aromatic N) is 3. The highest BCUT2D eigenvalue weighted by Gasteiger charge is 2.27. The smallest absolute Gasteiger partial charge is 0.253 e. The lowest BCUT2D eigenvalue weighted by Crippen LogP contribution is -2.48. The minimum absolute atomic E-state index is 0.0282.